The van der Waals surface area contributed by atoms with Crippen molar-refractivity contribution in [2.75, 3.05) is 6.61 Å². The molecule has 3 aromatic rings. The molecule has 0 fully saturated rings. The molecular weight excluding hydrogens is 351 g/mol. The summed E-state index contributed by atoms with van der Waals surface area (Å²) in [7, 11) is 0. The lowest BCUT2D eigenvalue weighted by atomic mass is 10.2. The largest absolute Gasteiger partial charge is 0.494 e. The van der Waals surface area contributed by atoms with Gasteiger partial charge in [0.25, 0.3) is 0 Å². The average molecular weight is 370 g/mol. The minimum atomic E-state index is -0.453. The fraction of sp³-hybridized carbons (Fsp3) is 0.200. The van der Waals surface area contributed by atoms with Crippen LogP contribution in [-0.4, -0.2) is 21.5 Å². The Hall–Kier alpha value is -3.19. The van der Waals surface area contributed by atoms with Crippen molar-refractivity contribution in [1.82, 2.24) is 9.78 Å². The van der Waals surface area contributed by atoms with Crippen LogP contribution in [-0.2, 0) is 13.2 Å². The van der Waals surface area contributed by atoms with E-state index in [0.717, 1.165) is 11.3 Å². The summed E-state index contributed by atoms with van der Waals surface area (Å²) in [5.41, 5.74) is 0.680. The fourth-order valence-electron chi connectivity index (χ4n) is 2.49. The van der Waals surface area contributed by atoms with Gasteiger partial charge in [-0.1, -0.05) is 12.1 Å². The van der Waals surface area contributed by atoms with Crippen molar-refractivity contribution >= 4 is 0 Å². The summed E-state index contributed by atoms with van der Waals surface area (Å²) >= 11 is 0. The van der Waals surface area contributed by atoms with E-state index < -0.39 is 11.4 Å². The van der Waals surface area contributed by atoms with E-state index in [4.69, 9.17) is 9.47 Å². The molecule has 0 amide bonds. The van der Waals surface area contributed by atoms with Crippen molar-refractivity contribution in [3.8, 4) is 17.2 Å². The van der Waals surface area contributed by atoms with E-state index >= 15 is 0 Å². The summed E-state index contributed by atoms with van der Waals surface area (Å²) in [6, 6.07) is 14.0. The summed E-state index contributed by atoms with van der Waals surface area (Å²) in [5, 5.41) is 13.6. The number of benzene rings is 2. The van der Waals surface area contributed by atoms with Gasteiger partial charge in [-0.3, -0.25) is 4.79 Å². The smallest absolute Gasteiger partial charge is 0.310 e. The Morgan fingerprint density at radius 2 is 1.74 bits per heavy atom. The van der Waals surface area contributed by atoms with E-state index in [1.54, 1.807) is 0 Å². The minimum absolute atomic E-state index is 0.00611. The van der Waals surface area contributed by atoms with E-state index in [-0.39, 0.29) is 24.6 Å². The summed E-state index contributed by atoms with van der Waals surface area (Å²) in [6.07, 6.45) is 0. The van der Waals surface area contributed by atoms with Crippen molar-refractivity contribution < 1.29 is 19.0 Å². The van der Waals surface area contributed by atoms with Crippen LogP contribution in [0.3, 0.4) is 0 Å². The van der Waals surface area contributed by atoms with Crippen molar-refractivity contribution in [2.24, 2.45) is 0 Å². The van der Waals surface area contributed by atoms with Crippen LogP contribution in [0.5, 0.6) is 17.2 Å². The van der Waals surface area contributed by atoms with Gasteiger partial charge in [0.2, 0.25) is 0 Å². The van der Waals surface area contributed by atoms with Crippen molar-refractivity contribution in [3.05, 3.63) is 82.0 Å². The second kappa shape index (κ2) is 8.46. The van der Waals surface area contributed by atoms with Crippen LogP contribution in [0.1, 0.15) is 18.2 Å². The quantitative estimate of drug-likeness (QED) is 0.692. The van der Waals surface area contributed by atoms with Crippen LogP contribution in [0, 0.1) is 5.82 Å². The van der Waals surface area contributed by atoms with Crippen LogP contribution in [0.4, 0.5) is 4.39 Å². The molecule has 0 atom stereocenters. The van der Waals surface area contributed by atoms with Gasteiger partial charge in [0, 0.05) is 6.07 Å². The third-order valence-corrected chi connectivity index (χ3v) is 3.76. The molecule has 0 aliphatic carbocycles. The van der Waals surface area contributed by atoms with Gasteiger partial charge in [-0.05, 0) is 48.9 Å². The maximum atomic E-state index is 13.0. The first kappa shape index (κ1) is 18.6. The molecule has 7 heteroatoms. The number of hydrogen-bond acceptors (Lipinski definition) is 5. The Bertz CT molecular complexity index is 953. The molecule has 1 aromatic heterocycles. The van der Waals surface area contributed by atoms with E-state index in [1.807, 2.05) is 31.2 Å². The number of aliphatic hydroxyl groups is 1. The molecule has 0 bridgehead atoms. The second-order valence-corrected chi connectivity index (χ2v) is 5.75. The first-order valence-corrected chi connectivity index (χ1v) is 8.46. The van der Waals surface area contributed by atoms with Gasteiger partial charge in [0.05, 0.1) is 25.5 Å². The second-order valence-electron chi connectivity index (χ2n) is 5.75. The number of hydrogen-bond donors (Lipinski definition) is 1. The summed E-state index contributed by atoms with van der Waals surface area (Å²) in [4.78, 5) is 12.7. The number of rotatable bonds is 7. The fourth-order valence-corrected chi connectivity index (χ4v) is 2.49. The Balaban J connectivity index is 1.88. The Morgan fingerprint density at radius 3 is 2.37 bits per heavy atom. The number of aromatic nitrogens is 2. The lowest BCUT2D eigenvalue weighted by Gasteiger charge is -2.11. The highest BCUT2D eigenvalue weighted by Crippen LogP contribution is 2.19. The molecule has 3 rings (SSSR count). The zero-order valence-corrected chi connectivity index (χ0v) is 14.8. The third-order valence-electron chi connectivity index (χ3n) is 3.76. The molecule has 0 saturated heterocycles. The maximum absolute atomic E-state index is 13.0. The topological polar surface area (TPSA) is 73.6 Å². The van der Waals surface area contributed by atoms with Gasteiger partial charge in [-0.2, -0.15) is 5.10 Å². The molecule has 140 valence electrons. The number of ether oxygens (including phenoxy) is 2. The molecule has 0 spiro atoms. The molecule has 1 N–H and O–H groups in total. The molecular formula is C20H19FN2O4. The standard InChI is InChI=1S/C20H19FN2O4/c1-2-26-17-7-3-14(4-8-17)12-23-20(25)19(11-16(13-24)22-23)27-18-9-5-15(21)6-10-18/h3-11,24H,2,12-13H2,1H3. The minimum Gasteiger partial charge on any atom is -0.494 e. The number of halogens is 1. The van der Waals surface area contributed by atoms with Crippen LogP contribution >= 0.6 is 0 Å². The van der Waals surface area contributed by atoms with E-state index in [1.165, 1.54) is 35.0 Å². The summed E-state index contributed by atoms with van der Waals surface area (Å²) in [6.45, 7) is 2.34. The molecule has 2 aromatic carbocycles. The van der Waals surface area contributed by atoms with Crippen LogP contribution < -0.4 is 15.0 Å². The van der Waals surface area contributed by atoms with Crippen molar-refractivity contribution in [2.45, 2.75) is 20.1 Å². The molecule has 27 heavy (non-hydrogen) atoms. The lowest BCUT2D eigenvalue weighted by Crippen LogP contribution is -2.25. The number of aliphatic hydroxyl groups excluding tert-OH is 1. The zero-order chi connectivity index (χ0) is 19.2. The normalized spacial score (nSPS) is 10.6. The van der Waals surface area contributed by atoms with Crippen LogP contribution in [0.15, 0.2) is 59.4 Å². The zero-order valence-electron chi connectivity index (χ0n) is 14.8. The predicted molar refractivity (Wildman–Crippen MR) is 97.6 cm³/mol. The van der Waals surface area contributed by atoms with Crippen LogP contribution in [0.25, 0.3) is 0 Å². The van der Waals surface area contributed by atoms with Gasteiger partial charge in [0.1, 0.15) is 17.3 Å². The first-order valence-electron chi connectivity index (χ1n) is 8.46. The predicted octanol–water partition coefficient (Wildman–Crippen LogP) is 3.11. The van der Waals surface area contributed by atoms with E-state index in [2.05, 4.69) is 5.10 Å². The summed E-state index contributed by atoms with van der Waals surface area (Å²) < 4.78 is 25.2. The van der Waals surface area contributed by atoms with Crippen molar-refractivity contribution in [1.29, 1.82) is 0 Å². The Kier molecular flexibility index (Phi) is 5.83. The average Bonchev–Trinajstić information content (AvgIpc) is 2.68. The molecule has 0 unspecified atom stereocenters. The highest BCUT2D eigenvalue weighted by atomic mass is 19.1. The maximum Gasteiger partial charge on any atom is 0.310 e. The van der Waals surface area contributed by atoms with Gasteiger partial charge >= 0.3 is 5.56 Å². The van der Waals surface area contributed by atoms with E-state index in [9.17, 15) is 14.3 Å². The van der Waals surface area contributed by atoms with Crippen LogP contribution in [0.2, 0.25) is 0 Å². The van der Waals surface area contributed by atoms with Gasteiger partial charge in [-0.15, -0.1) is 0 Å². The van der Waals surface area contributed by atoms with Gasteiger partial charge in [-0.25, -0.2) is 9.07 Å². The molecule has 0 radical (unpaired) electrons. The lowest BCUT2D eigenvalue weighted by molar-refractivity contribution is 0.271. The molecule has 0 aliphatic heterocycles. The molecule has 0 saturated carbocycles. The molecule has 1 heterocycles. The number of nitrogens with zero attached hydrogens (tertiary/aromatic N) is 2. The Morgan fingerprint density at radius 1 is 1.07 bits per heavy atom. The SMILES string of the molecule is CCOc1ccc(Cn2nc(CO)cc(Oc3ccc(F)cc3)c2=O)cc1. The van der Waals surface area contributed by atoms with Gasteiger partial charge < -0.3 is 14.6 Å². The highest BCUT2D eigenvalue weighted by Gasteiger charge is 2.11. The van der Waals surface area contributed by atoms with E-state index in [0.29, 0.717) is 12.4 Å². The highest BCUT2D eigenvalue weighted by molar-refractivity contribution is 5.31. The third kappa shape index (κ3) is 4.71. The molecule has 0 aliphatic rings. The van der Waals surface area contributed by atoms with Crippen molar-refractivity contribution in [3.63, 3.8) is 0 Å². The summed E-state index contributed by atoms with van der Waals surface area (Å²) in [5.74, 6) is 0.662. The van der Waals surface area contributed by atoms with Gasteiger partial charge in [0.15, 0.2) is 5.75 Å². The monoisotopic (exact) mass is 370 g/mol. The first-order chi connectivity index (χ1) is 13.1. The molecule has 6 nitrogen and oxygen atoms in total. The Labute approximate surface area is 155 Å².